The quantitative estimate of drug-likeness (QED) is 0.0718. The van der Waals surface area contributed by atoms with Gasteiger partial charge in [-0.15, -0.1) is 0 Å². The van der Waals surface area contributed by atoms with Gasteiger partial charge < -0.3 is 23.2 Å². The van der Waals surface area contributed by atoms with Crippen LogP contribution in [0.25, 0.3) is 0 Å². The largest absolute Gasteiger partial charge is 0.756 e. The van der Waals surface area contributed by atoms with E-state index in [1.165, 1.54) is 89.9 Å². The molecule has 0 aromatic rings. The van der Waals surface area contributed by atoms with Gasteiger partial charge in [-0.2, -0.15) is 11.8 Å². The van der Waals surface area contributed by atoms with E-state index in [1.54, 1.807) is 7.11 Å². The number of hydrogen-bond acceptors (Lipinski definition) is 6. The minimum absolute atomic E-state index is 0.0551. The van der Waals surface area contributed by atoms with Gasteiger partial charge in [-0.3, -0.25) is 4.57 Å². The Kier molecular flexibility index (Phi) is 20.3. The van der Waals surface area contributed by atoms with Gasteiger partial charge in [0.25, 0.3) is 7.82 Å². The summed E-state index contributed by atoms with van der Waals surface area (Å²) >= 11 is 1.88. The molecule has 216 valence electrons. The van der Waals surface area contributed by atoms with Crippen LogP contribution in [0.5, 0.6) is 0 Å². The molecule has 1 fully saturated rings. The molecule has 1 aliphatic rings. The molecule has 0 bridgehead atoms. The number of nitrogens with zero attached hydrogens (tertiary/aromatic N) is 1. The van der Waals surface area contributed by atoms with E-state index in [9.17, 15) is 9.46 Å². The van der Waals surface area contributed by atoms with Crippen molar-refractivity contribution in [2.24, 2.45) is 5.92 Å². The zero-order valence-electron chi connectivity index (χ0n) is 24.1. The van der Waals surface area contributed by atoms with Crippen LogP contribution in [0.4, 0.5) is 0 Å². The van der Waals surface area contributed by atoms with Crippen molar-refractivity contribution in [3.63, 3.8) is 0 Å². The van der Waals surface area contributed by atoms with Crippen LogP contribution >= 0.6 is 19.6 Å². The summed E-state index contributed by atoms with van der Waals surface area (Å²) < 4.78 is 29.1. The first kappa shape index (κ1) is 34.4. The van der Waals surface area contributed by atoms with E-state index < -0.39 is 7.82 Å². The number of phosphoric acid groups is 1. The Labute approximate surface area is 227 Å². The van der Waals surface area contributed by atoms with Crippen molar-refractivity contribution in [1.82, 2.24) is 0 Å². The Hall–Kier alpha value is 0.380. The van der Waals surface area contributed by atoms with Gasteiger partial charge in [0.2, 0.25) is 0 Å². The maximum atomic E-state index is 12.3. The summed E-state index contributed by atoms with van der Waals surface area (Å²) in [6.07, 6.45) is 20.5. The zero-order chi connectivity index (χ0) is 26.5. The fourth-order valence-electron chi connectivity index (χ4n) is 4.79. The molecule has 0 amide bonds. The highest BCUT2D eigenvalue weighted by Crippen LogP contribution is 2.42. The van der Waals surface area contributed by atoms with E-state index in [2.05, 4.69) is 21.0 Å². The number of ether oxygens (including phenoxy) is 1. The number of rotatable bonds is 24. The molecule has 1 saturated heterocycles. The predicted molar refractivity (Wildman–Crippen MR) is 153 cm³/mol. The molecule has 1 heterocycles. The maximum Gasteiger partial charge on any atom is 0.268 e. The van der Waals surface area contributed by atoms with E-state index in [4.69, 9.17) is 13.8 Å². The van der Waals surface area contributed by atoms with E-state index in [1.807, 2.05) is 11.8 Å². The molecule has 0 aliphatic carbocycles. The molecule has 0 aromatic heterocycles. The molecule has 0 radical (unpaired) electrons. The third kappa shape index (κ3) is 19.4. The van der Waals surface area contributed by atoms with Crippen molar-refractivity contribution >= 4 is 19.6 Å². The summed E-state index contributed by atoms with van der Waals surface area (Å²) in [7, 11) is 1.70. The second kappa shape index (κ2) is 21.2. The lowest BCUT2D eigenvalue weighted by Crippen LogP contribution is -2.48. The number of quaternary nitrogens is 1. The van der Waals surface area contributed by atoms with Crippen LogP contribution in [-0.4, -0.2) is 69.6 Å². The van der Waals surface area contributed by atoms with Crippen LogP contribution in [0.2, 0.25) is 0 Å². The van der Waals surface area contributed by atoms with Gasteiger partial charge in [0.1, 0.15) is 0 Å². The molecule has 0 saturated carbocycles. The summed E-state index contributed by atoms with van der Waals surface area (Å²) in [5.74, 6) is 2.01. The molecule has 0 spiro atoms. The molecule has 8 heteroatoms. The molecule has 0 N–H and O–H groups in total. The number of methoxy groups -OCH3 is 1. The number of unbranched alkanes of at least 4 members (excludes halogenated alkanes) is 13. The average molecular weight is 552 g/mol. The van der Waals surface area contributed by atoms with Crippen LogP contribution in [0.3, 0.4) is 0 Å². The molecular formula is C28H58NO5PS. The van der Waals surface area contributed by atoms with Gasteiger partial charge in [0.05, 0.1) is 46.5 Å². The molecule has 6 nitrogen and oxygen atoms in total. The van der Waals surface area contributed by atoms with Crippen molar-refractivity contribution in [1.29, 1.82) is 0 Å². The fourth-order valence-corrected chi connectivity index (χ4v) is 6.92. The second-order valence-electron chi connectivity index (χ2n) is 11.4. The van der Waals surface area contributed by atoms with Gasteiger partial charge in [0, 0.05) is 31.6 Å². The van der Waals surface area contributed by atoms with Crippen molar-refractivity contribution in [3.8, 4) is 0 Å². The van der Waals surface area contributed by atoms with E-state index in [0.717, 1.165) is 41.9 Å². The standard InChI is InChI=1S/C28H58NO5PS/c1-5-6-7-8-9-10-11-12-13-14-15-16-17-18-23-36-26-27(24-32-4)25-33-35(30,31)34-28-19-21-29(2,3)22-20-28/h27-28H,5-26H2,1-4H3. The third-order valence-electron chi connectivity index (χ3n) is 7.26. The van der Waals surface area contributed by atoms with Gasteiger partial charge in [-0.05, 0) is 12.2 Å². The lowest BCUT2D eigenvalue weighted by molar-refractivity contribution is -0.896. The Morgan fingerprint density at radius 3 is 1.86 bits per heavy atom. The van der Waals surface area contributed by atoms with Crippen molar-refractivity contribution in [2.45, 2.75) is 116 Å². The number of phosphoric ester groups is 1. The lowest BCUT2D eigenvalue weighted by atomic mass is 10.0. The van der Waals surface area contributed by atoms with Crippen LogP contribution < -0.4 is 4.89 Å². The normalized spacial score (nSPS) is 18.8. The van der Waals surface area contributed by atoms with Crippen LogP contribution in [0, 0.1) is 5.92 Å². The molecule has 1 rings (SSSR count). The highest BCUT2D eigenvalue weighted by molar-refractivity contribution is 7.99. The molecular weight excluding hydrogens is 493 g/mol. The van der Waals surface area contributed by atoms with Crippen LogP contribution in [0.15, 0.2) is 0 Å². The Morgan fingerprint density at radius 2 is 1.36 bits per heavy atom. The predicted octanol–water partition coefficient (Wildman–Crippen LogP) is 7.20. The maximum absolute atomic E-state index is 12.3. The van der Waals surface area contributed by atoms with E-state index >= 15 is 0 Å². The van der Waals surface area contributed by atoms with Crippen molar-refractivity contribution in [3.05, 3.63) is 0 Å². The van der Waals surface area contributed by atoms with Crippen molar-refractivity contribution in [2.75, 3.05) is 59.0 Å². The minimum Gasteiger partial charge on any atom is -0.756 e. The molecule has 0 aromatic carbocycles. The number of piperidine rings is 1. The molecule has 2 unspecified atom stereocenters. The Bertz CT molecular complexity index is 556. The molecule has 1 aliphatic heterocycles. The van der Waals surface area contributed by atoms with Gasteiger partial charge >= 0.3 is 0 Å². The fraction of sp³-hybridized carbons (Fsp3) is 1.00. The lowest BCUT2D eigenvalue weighted by Gasteiger charge is -2.38. The smallest absolute Gasteiger partial charge is 0.268 e. The van der Waals surface area contributed by atoms with E-state index in [0.29, 0.717) is 6.61 Å². The van der Waals surface area contributed by atoms with Crippen molar-refractivity contribution < 1.29 is 27.7 Å². The minimum atomic E-state index is -4.28. The van der Waals surface area contributed by atoms with Gasteiger partial charge in [0.15, 0.2) is 0 Å². The highest BCUT2D eigenvalue weighted by atomic mass is 32.2. The first-order valence-electron chi connectivity index (χ1n) is 14.8. The molecule has 36 heavy (non-hydrogen) atoms. The summed E-state index contributed by atoms with van der Waals surface area (Å²) in [5.41, 5.74) is 0. The summed E-state index contributed by atoms with van der Waals surface area (Å²) in [5, 5.41) is 0. The topological polar surface area (TPSA) is 67.8 Å². The number of likely N-dealkylation sites (tertiary alicyclic amines) is 1. The van der Waals surface area contributed by atoms with Crippen LogP contribution in [-0.2, 0) is 18.3 Å². The zero-order valence-corrected chi connectivity index (χ0v) is 25.8. The average Bonchev–Trinajstić information content (AvgIpc) is 2.83. The van der Waals surface area contributed by atoms with Gasteiger partial charge in [-0.1, -0.05) is 90.4 Å². The SMILES string of the molecule is CCCCCCCCCCCCCCCCSCC(COC)COP(=O)([O-])OC1CC[N+](C)(C)CC1. The first-order valence-corrected chi connectivity index (χ1v) is 17.4. The number of hydrogen-bond donors (Lipinski definition) is 0. The third-order valence-corrected chi connectivity index (χ3v) is 9.56. The monoisotopic (exact) mass is 551 g/mol. The highest BCUT2D eigenvalue weighted by Gasteiger charge is 2.29. The number of thioether (sulfide) groups is 1. The second-order valence-corrected chi connectivity index (χ2v) is 13.9. The Balaban J connectivity index is 2.00. The van der Waals surface area contributed by atoms with E-state index in [-0.39, 0.29) is 18.6 Å². The summed E-state index contributed by atoms with van der Waals surface area (Å²) in [4.78, 5) is 12.3. The van der Waals surface area contributed by atoms with Crippen LogP contribution in [0.1, 0.15) is 110 Å². The summed E-state index contributed by atoms with van der Waals surface area (Å²) in [6, 6.07) is 0. The Morgan fingerprint density at radius 1 is 0.861 bits per heavy atom. The van der Waals surface area contributed by atoms with Gasteiger partial charge in [-0.25, -0.2) is 0 Å². The summed E-state index contributed by atoms with van der Waals surface area (Å²) in [6.45, 7) is 4.76. The molecule has 2 atom stereocenters. The first-order chi connectivity index (χ1) is 17.3.